The van der Waals surface area contributed by atoms with Crippen molar-refractivity contribution < 1.29 is 0 Å². The van der Waals surface area contributed by atoms with Gasteiger partial charge >= 0.3 is 0 Å². The first-order valence-electron chi connectivity index (χ1n) is 39.3. The Kier molecular flexibility index (Phi) is 16.6. The Morgan fingerprint density at radius 2 is 0.549 bits per heavy atom. The van der Waals surface area contributed by atoms with E-state index in [0.717, 1.165) is 145 Å². The van der Waals surface area contributed by atoms with Gasteiger partial charge in [0.2, 0.25) is 0 Å². The van der Waals surface area contributed by atoms with Crippen molar-refractivity contribution in [2.45, 2.75) is 57.8 Å². The van der Waals surface area contributed by atoms with Crippen molar-refractivity contribution in [1.82, 2.24) is 19.1 Å². The van der Waals surface area contributed by atoms with Crippen LogP contribution in [0, 0.1) is 0 Å². The van der Waals surface area contributed by atoms with Gasteiger partial charge in [-0.1, -0.05) is 308 Å². The maximum atomic E-state index is 5.31. The summed E-state index contributed by atoms with van der Waals surface area (Å²) in [4.78, 5) is 20.8. The fourth-order valence-corrected chi connectivity index (χ4v) is 18.1. The number of rotatable bonds is 14. The molecule has 2 aliphatic rings. The average Bonchev–Trinajstić information content (AvgIpc) is 1.68. The molecule has 20 rings (SSSR count). The maximum absolute atomic E-state index is 5.31. The second kappa shape index (κ2) is 27.3. The molecule has 0 saturated carbocycles. The number of fused-ring (bicyclic) bond motifs is 8. The standard InChI is InChI=1S/C105H84N8/c1-103(2,3)75-59-61-106-99(67-75)112-91-49-21-19-43-87(91)89-57-55-79(65-97(89)112)105(80-56-58-90-88-44-20-22-50-92(88)113(98(90)66-80)100-68-76(60-62-107-100)104(4,5)6,77-39-27-41-81(63-77)108-69-110(95-53-25-23-51-93(95)108)101-83(71-31-11-7-12-32-71)45-29-46-84(101)72-33-13-8-14-34-72)78-40-28-42-82(64-78)109-70-111(96-54-26-24-52-94(96)109)102-85(73-35-15-9-16-36-73)47-30-48-86(102)74-37-17-10-18-38-74/h7-68H,69-70H2,1-6H3. The Bertz CT molecular complexity index is 6160. The van der Waals surface area contributed by atoms with Gasteiger partial charge in [0, 0.05) is 67.6 Å². The Balaban J connectivity index is 0.868. The van der Waals surface area contributed by atoms with Crippen molar-refractivity contribution in [2.24, 2.45) is 0 Å². The molecule has 0 atom stereocenters. The number of para-hydroxylation sites is 8. The molecule has 0 bridgehead atoms. The summed E-state index contributed by atoms with van der Waals surface area (Å²) in [5.41, 5.74) is 27.9. The van der Waals surface area contributed by atoms with E-state index in [1.165, 1.54) is 33.4 Å². The zero-order chi connectivity index (χ0) is 76.1. The molecule has 0 aliphatic carbocycles. The van der Waals surface area contributed by atoms with E-state index in [0.29, 0.717) is 13.3 Å². The molecule has 6 heterocycles. The van der Waals surface area contributed by atoms with Crippen molar-refractivity contribution in [3.05, 3.63) is 410 Å². The van der Waals surface area contributed by atoms with Crippen molar-refractivity contribution >= 4 is 89.1 Å². The van der Waals surface area contributed by atoms with Crippen molar-refractivity contribution in [2.75, 3.05) is 32.9 Å². The van der Waals surface area contributed by atoms with Crippen LogP contribution < -0.4 is 19.6 Å². The number of hydrogen-bond acceptors (Lipinski definition) is 6. The number of anilines is 8. The number of pyridine rings is 2. The van der Waals surface area contributed by atoms with Crippen LogP contribution in [0.5, 0.6) is 0 Å². The van der Waals surface area contributed by atoms with E-state index in [-0.39, 0.29) is 10.8 Å². The first kappa shape index (κ1) is 68.5. The molecule has 0 saturated heterocycles. The van der Waals surface area contributed by atoms with Crippen LogP contribution in [0.25, 0.3) is 99.8 Å². The molecule has 8 heteroatoms. The van der Waals surface area contributed by atoms with E-state index in [4.69, 9.17) is 9.97 Å². The minimum atomic E-state index is -1.10. The lowest BCUT2D eigenvalue weighted by Gasteiger charge is -2.38. The molecule has 0 spiro atoms. The summed E-state index contributed by atoms with van der Waals surface area (Å²) in [6, 6.07) is 135. The Labute approximate surface area is 660 Å². The summed E-state index contributed by atoms with van der Waals surface area (Å²) < 4.78 is 4.82. The third-order valence-corrected chi connectivity index (χ3v) is 23.5. The van der Waals surface area contributed by atoms with E-state index in [2.05, 4.69) is 434 Å². The molecule has 0 unspecified atom stereocenters. The van der Waals surface area contributed by atoms with Gasteiger partial charge in [0.05, 0.1) is 61.6 Å². The van der Waals surface area contributed by atoms with Gasteiger partial charge in [-0.3, -0.25) is 9.13 Å². The molecule has 8 nitrogen and oxygen atoms in total. The predicted molar refractivity (Wildman–Crippen MR) is 472 cm³/mol. The van der Waals surface area contributed by atoms with E-state index < -0.39 is 5.41 Å². The van der Waals surface area contributed by atoms with Crippen LogP contribution >= 0.6 is 0 Å². The highest BCUT2D eigenvalue weighted by Gasteiger charge is 2.43. The largest absolute Gasteiger partial charge is 0.321 e. The molecular weight excluding hydrogens is 1370 g/mol. The summed E-state index contributed by atoms with van der Waals surface area (Å²) in [6.07, 6.45) is 3.98. The Morgan fingerprint density at radius 3 is 0.912 bits per heavy atom. The smallest absolute Gasteiger partial charge is 0.137 e. The van der Waals surface area contributed by atoms with Gasteiger partial charge in [-0.05, 0) is 164 Å². The molecular formula is C105H84N8. The SMILES string of the molecule is CC(C)(C)c1ccnc(-n2c3ccccc3c3ccc(C(c4cccc(N5CN(c6c(-c7ccccc7)cccc6-c6ccccc6)c6ccccc65)c4)(c4cccc(N5CN(c6c(-c7ccccc7)cccc6-c6ccccc6)c6ccccc65)c4)c4ccc5c6ccccc6n(-c6cc(C(C)(C)C)ccn6)c5c4)cc32)c1. The molecule has 0 radical (unpaired) electrons. The number of hydrogen-bond donors (Lipinski definition) is 0. The van der Waals surface area contributed by atoms with Crippen LogP contribution in [0.1, 0.15) is 74.9 Å². The number of benzene rings is 14. The normalized spacial score (nSPS) is 13.1. The summed E-state index contributed by atoms with van der Waals surface area (Å²) in [5, 5.41) is 4.60. The van der Waals surface area contributed by atoms with E-state index in [1.807, 2.05) is 12.4 Å². The minimum Gasteiger partial charge on any atom is -0.321 e. The zero-order valence-corrected chi connectivity index (χ0v) is 64.3. The summed E-state index contributed by atoms with van der Waals surface area (Å²) in [5.74, 6) is 1.74. The van der Waals surface area contributed by atoms with Crippen LogP contribution in [0.2, 0.25) is 0 Å². The Hall–Kier alpha value is -13.8. The summed E-state index contributed by atoms with van der Waals surface area (Å²) >= 11 is 0. The molecule has 113 heavy (non-hydrogen) atoms. The fourth-order valence-electron chi connectivity index (χ4n) is 18.1. The third kappa shape index (κ3) is 11.6. The average molecular weight is 1460 g/mol. The van der Waals surface area contributed by atoms with Crippen molar-refractivity contribution in [1.29, 1.82) is 0 Å². The first-order valence-corrected chi connectivity index (χ1v) is 39.3. The highest BCUT2D eigenvalue weighted by molar-refractivity contribution is 6.11. The predicted octanol–water partition coefficient (Wildman–Crippen LogP) is 26.8. The molecule has 2 aliphatic heterocycles. The van der Waals surface area contributed by atoms with Gasteiger partial charge in [-0.2, -0.15) is 0 Å². The van der Waals surface area contributed by atoms with Crippen LogP contribution in [0.15, 0.2) is 376 Å². The van der Waals surface area contributed by atoms with Gasteiger partial charge in [-0.15, -0.1) is 0 Å². The monoisotopic (exact) mass is 1460 g/mol. The molecule has 4 aromatic heterocycles. The third-order valence-electron chi connectivity index (χ3n) is 23.5. The van der Waals surface area contributed by atoms with Crippen LogP contribution in [0.4, 0.5) is 45.5 Å². The first-order chi connectivity index (χ1) is 55.3. The lowest BCUT2D eigenvalue weighted by atomic mass is 9.64. The summed E-state index contributed by atoms with van der Waals surface area (Å²) in [7, 11) is 0. The van der Waals surface area contributed by atoms with E-state index in [1.54, 1.807) is 0 Å². The lowest BCUT2D eigenvalue weighted by Crippen LogP contribution is -2.32. The van der Waals surface area contributed by atoms with Crippen LogP contribution in [0.3, 0.4) is 0 Å². The Morgan fingerprint density at radius 1 is 0.239 bits per heavy atom. The van der Waals surface area contributed by atoms with Gasteiger partial charge < -0.3 is 19.6 Å². The maximum Gasteiger partial charge on any atom is 0.137 e. The number of aromatic nitrogens is 4. The quantitative estimate of drug-likeness (QED) is 0.101. The lowest BCUT2D eigenvalue weighted by molar-refractivity contribution is 0.588. The topological polar surface area (TPSA) is 48.6 Å². The van der Waals surface area contributed by atoms with Crippen LogP contribution in [-0.2, 0) is 16.2 Å². The van der Waals surface area contributed by atoms with Gasteiger partial charge in [-0.25, -0.2) is 9.97 Å². The highest BCUT2D eigenvalue weighted by atomic mass is 15.4. The van der Waals surface area contributed by atoms with E-state index in [9.17, 15) is 0 Å². The minimum absolute atomic E-state index is 0.137. The van der Waals surface area contributed by atoms with Crippen molar-refractivity contribution in [3.63, 3.8) is 0 Å². The van der Waals surface area contributed by atoms with Gasteiger partial charge in [0.1, 0.15) is 25.0 Å². The van der Waals surface area contributed by atoms with E-state index >= 15 is 0 Å². The second-order valence-electron chi connectivity index (χ2n) is 32.2. The molecule has 0 N–H and O–H groups in total. The molecule has 0 fully saturated rings. The number of nitrogens with zero attached hydrogens (tertiary/aromatic N) is 8. The zero-order valence-electron chi connectivity index (χ0n) is 64.3. The highest BCUT2D eigenvalue weighted by Crippen LogP contribution is 2.56. The fraction of sp³-hybridized carbons (Fsp3) is 0.105. The molecule has 18 aromatic rings. The van der Waals surface area contributed by atoms with Crippen LogP contribution in [-0.4, -0.2) is 32.4 Å². The molecule has 14 aromatic carbocycles. The van der Waals surface area contributed by atoms with Gasteiger partial charge in [0.25, 0.3) is 0 Å². The second-order valence-corrected chi connectivity index (χ2v) is 32.2. The molecule has 544 valence electrons. The summed E-state index contributed by atoms with van der Waals surface area (Å²) in [6.45, 7) is 14.8. The van der Waals surface area contributed by atoms with Crippen molar-refractivity contribution in [3.8, 4) is 56.1 Å². The van der Waals surface area contributed by atoms with Gasteiger partial charge in [0.15, 0.2) is 0 Å². The molecule has 0 amide bonds.